The first-order valence-electron chi connectivity index (χ1n) is 8.42. The van der Waals surface area contributed by atoms with Crippen LogP contribution in [0.25, 0.3) is 11.0 Å². The van der Waals surface area contributed by atoms with Crippen LogP contribution in [-0.2, 0) is 4.79 Å². The third-order valence-corrected chi connectivity index (χ3v) is 5.40. The number of fused-ring (bicyclic) bond motifs is 1. The minimum absolute atomic E-state index is 0.0879. The molecule has 0 aliphatic carbocycles. The van der Waals surface area contributed by atoms with Gasteiger partial charge < -0.3 is 14.4 Å². The summed E-state index contributed by atoms with van der Waals surface area (Å²) in [6, 6.07) is 12.1. The van der Waals surface area contributed by atoms with E-state index in [2.05, 4.69) is 0 Å². The maximum atomic E-state index is 13.1. The summed E-state index contributed by atoms with van der Waals surface area (Å²) < 4.78 is 5.67. The van der Waals surface area contributed by atoms with Gasteiger partial charge in [-0.15, -0.1) is 11.3 Å². The Hall–Kier alpha value is -2.86. The monoisotopic (exact) mass is 367 g/mol. The van der Waals surface area contributed by atoms with Gasteiger partial charge in [0.15, 0.2) is 11.5 Å². The molecule has 4 rings (SSSR count). The normalized spacial score (nSPS) is 17.5. The molecule has 1 amide bonds. The number of ketones is 1. The van der Waals surface area contributed by atoms with E-state index in [1.165, 1.54) is 11.3 Å². The van der Waals surface area contributed by atoms with Crippen molar-refractivity contribution in [2.45, 2.75) is 19.4 Å². The molecule has 0 spiro atoms. The summed E-state index contributed by atoms with van der Waals surface area (Å²) in [6.45, 7) is 2.41. The fourth-order valence-corrected chi connectivity index (χ4v) is 4.17. The van der Waals surface area contributed by atoms with Crippen LogP contribution in [-0.4, -0.2) is 28.2 Å². The van der Waals surface area contributed by atoms with Gasteiger partial charge in [0, 0.05) is 16.8 Å². The number of rotatable bonds is 5. The molecule has 0 fully saturated rings. The predicted octanol–water partition coefficient (Wildman–Crippen LogP) is 4.48. The van der Waals surface area contributed by atoms with Crippen molar-refractivity contribution in [1.29, 1.82) is 0 Å². The Morgan fingerprint density at radius 2 is 2.08 bits per heavy atom. The Bertz CT molecular complexity index is 983. The van der Waals surface area contributed by atoms with Crippen LogP contribution < -0.4 is 0 Å². The summed E-state index contributed by atoms with van der Waals surface area (Å²) in [7, 11) is 0. The molecule has 0 saturated carbocycles. The van der Waals surface area contributed by atoms with E-state index in [0.29, 0.717) is 12.1 Å². The molecule has 2 aromatic heterocycles. The lowest BCUT2D eigenvalue weighted by Crippen LogP contribution is -2.31. The molecule has 3 heterocycles. The molecular formula is C20H17NO4S. The average Bonchev–Trinajstić information content (AvgIpc) is 3.36. The molecule has 0 saturated heterocycles. The van der Waals surface area contributed by atoms with Crippen molar-refractivity contribution in [2.24, 2.45) is 0 Å². The second-order valence-corrected chi connectivity index (χ2v) is 7.14. The van der Waals surface area contributed by atoms with Gasteiger partial charge in [-0.05, 0) is 30.0 Å². The smallest absolute Gasteiger partial charge is 0.290 e. The number of carbonyl (C=O) groups excluding carboxylic acids is 2. The number of carbonyl (C=O) groups is 2. The van der Waals surface area contributed by atoms with E-state index in [1.807, 2.05) is 42.6 Å². The first kappa shape index (κ1) is 16.6. The quantitative estimate of drug-likeness (QED) is 0.675. The van der Waals surface area contributed by atoms with Crippen molar-refractivity contribution in [2.75, 3.05) is 6.54 Å². The molecule has 0 bridgehead atoms. The number of nitrogens with zero attached hydrogens (tertiary/aromatic N) is 1. The van der Waals surface area contributed by atoms with Crippen LogP contribution in [0.3, 0.4) is 0 Å². The van der Waals surface area contributed by atoms with E-state index < -0.39 is 23.5 Å². The summed E-state index contributed by atoms with van der Waals surface area (Å²) in [5.74, 6) is -1.32. The standard InChI is InChI=1S/C20H17NO4S/c1-2-9-21-17(15-8-5-10-26-15)16(19(23)20(21)24)18(22)14-11-12-6-3-4-7-13(12)25-14/h3-8,10-11,17,23H,2,9H2,1H3. The number of Topliss-reactive ketones (excluding diaryl/α,β-unsaturated/α-hetero) is 1. The predicted molar refractivity (Wildman–Crippen MR) is 99.3 cm³/mol. The molecule has 0 radical (unpaired) electrons. The molecule has 1 aromatic carbocycles. The van der Waals surface area contributed by atoms with Gasteiger partial charge in [0.2, 0.25) is 5.78 Å². The number of thiophene rings is 1. The van der Waals surface area contributed by atoms with Crippen molar-refractivity contribution < 1.29 is 19.1 Å². The lowest BCUT2D eigenvalue weighted by Gasteiger charge is -2.24. The van der Waals surface area contributed by atoms with E-state index in [1.54, 1.807) is 17.0 Å². The second-order valence-electron chi connectivity index (χ2n) is 6.16. The van der Waals surface area contributed by atoms with E-state index in [9.17, 15) is 14.7 Å². The molecule has 1 atom stereocenters. The molecule has 26 heavy (non-hydrogen) atoms. The van der Waals surface area contributed by atoms with Gasteiger partial charge in [-0.2, -0.15) is 0 Å². The van der Waals surface area contributed by atoms with Crippen LogP contribution in [0.2, 0.25) is 0 Å². The van der Waals surface area contributed by atoms with Crippen molar-refractivity contribution in [1.82, 2.24) is 4.90 Å². The second kappa shape index (κ2) is 6.46. The lowest BCUT2D eigenvalue weighted by molar-refractivity contribution is -0.129. The Labute approximate surface area is 154 Å². The molecule has 3 aromatic rings. The summed E-state index contributed by atoms with van der Waals surface area (Å²) in [6.07, 6.45) is 0.729. The zero-order valence-electron chi connectivity index (χ0n) is 14.1. The maximum Gasteiger partial charge on any atom is 0.290 e. The van der Waals surface area contributed by atoms with Crippen molar-refractivity contribution >= 4 is 34.0 Å². The largest absolute Gasteiger partial charge is 0.503 e. The molecule has 1 N–H and O–H groups in total. The number of benzene rings is 1. The van der Waals surface area contributed by atoms with Gasteiger partial charge in [0.25, 0.3) is 5.91 Å². The van der Waals surface area contributed by atoms with Crippen LogP contribution in [0, 0.1) is 0 Å². The van der Waals surface area contributed by atoms with Gasteiger partial charge in [0.1, 0.15) is 5.58 Å². The van der Waals surface area contributed by atoms with Gasteiger partial charge >= 0.3 is 0 Å². The van der Waals surface area contributed by atoms with Gasteiger partial charge in [-0.25, -0.2) is 0 Å². The van der Waals surface area contributed by atoms with Crippen LogP contribution >= 0.6 is 11.3 Å². The van der Waals surface area contributed by atoms with E-state index in [4.69, 9.17) is 4.42 Å². The highest BCUT2D eigenvalue weighted by atomic mass is 32.1. The zero-order chi connectivity index (χ0) is 18.3. The summed E-state index contributed by atoms with van der Waals surface area (Å²) in [5, 5.41) is 13.2. The Kier molecular flexibility index (Phi) is 4.12. The number of amides is 1. The number of aliphatic hydroxyl groups excluding tert-OH is 1. The number of furan rings is 1. The molecule has 6 heteroatoms. The minimum Gasteiger partial charge on any atom is -0.503 e. The van der Waals surface area contributed by atoms with Crippen LogP contribution in [0.4, 0.5) is 0 Å². The summed E-state index contributed by atoms with van der Waals surface area (Å²) in [5.41, 5.74) is 0.684. The van der Waals surface area contributed by atoms with Crippen LogP contribution in [0.1, 0.15) is 34.8 Å². The van der Waals surface area contributed by atoms with Crippen molar-refractivity contribution in [3.8, 4) is 0 Å². The van der Waals surface area contributed by atoms with Crippen molar-refractivity contribution in [3.05, 3.63) is 69.8 Å². The molecule has 1 aliphatic rings. The zero-order valence-corrected chi connectivity index (χ0v) is 15.0. The summed E-state index contributed by atoms with van der Waals surface area (Å²) >= 11 is 1.45. The molecular weight excluding hydrogens is 350 g/mol. The van der Waals surface area contributed by atoms with Gasteiger partial charge in [-0.3, -0.25) is 9.59 Å². The van der Waals surface area contributed by atoms with E-state index >= 15 is 0 Å². The van der Waals surface area contributed by atoms with Crippen LogP contribution in [0.15, 0.2) is 63.6 Å². The number of hydrogen-bond donors (Lipinski definition) is 1. The van der Waals surface area contributed by atoms with E-state index in [-0.39, 0.29) is 11.3 Å². The van der Waals surface area contributed by atoms with E-state index in [0.717, 1.165) is 16.7 Å². The molecule has 1 aliphatic heterocycles. The first-order chi connectivity index (χ1) is 12.6. The highest BCUT2D eigenvalue weighted by Gasteiger charge is 2.44. The summed E-state index contributed by atoms with van der Waals surface area (Å²) in [4.78, 5) is 28.1. The van der Waals surface area contributed by atoms with Gasteiger partial charge in [-0.1, -0.05) is 31.2 Å². The number of hydrogen-bond acceptors (Lipinski definition) is 5. The first-order valence-corrected chi connectivity index (χ1v) is 9.30. The highest BCUT2D eigenvalue weighted by Crippen LogP contribution is 2.41. The molecule has 132 valence electrons. The highest BCUT2D eigenvalue weighted by molar-refractivity contribution is 7.10. The van der Waals surface area contributed by atoms with Gasteiger partial charge in [0.05, 0.1) is 11.6 Å². The Morgan fingerprint density at radius 1 is 1.27 bits per heavy atom. The third kappa shape index (κ3) is 2.54. The SMILES string of the molecule is CCCN1C(=O)C(O)=C(C(=O)c2cc3ccccc3o2)C1c1cccs1. The average molecular weight is 367 g/mol. The topological polar surface area (TPSA) is 70.8 Å². The lowest BCUT2D eigenvalue weighted by atomic mass is 10.00. The third-order valence-electron chi connectivity index (χ3n) is 4.47. The van der Waals surface area contributed by atoms with Crippen molar-refractivity contribution in [3.63, 3.8) is 0 Å². The Balaban J connectivity index is 1.81. The molecule has 1 unspecified atom stereocenters. The fourth-order valence-electron chi connectivity index (χ4n) is 3.33. The Morgan fingerprint density at radius 3 is 2.77 bits per heavy atom. The minimum atomic E-state index is -0.580. The van der Waals surface area contributed by atoms with Crippen LogP contribution in [0.5, 0.6) is 0 Å². The number of para-hydroxylation sites is 1. The number of aliphatic hydroxyl groups is 1. The molecule has 5 nitrogen and oxygen atoms in total. The fraction of sp³-hybridized carbons (Fsp3) is 0.200. The maximum absolute atomic E-state index is 13.1.